The van der Waals surface area contributed by atoms with Gasteiger partial charge in [-0.25, -0.2) is 9.37 Å². The number of nitrogens with one attached hydrogen (secondary N) is 3. The third-order valence-electron chi connectivity index (χ3n) is 5.21. The van der Waals surface area contributed by atoms with Crippen molar-refractivity contribution in [2.24, 2.45) is 0 Å². The number of nitrogens with zero attached hydrogens (tertiary/aromatic N) is 1. The van der Waals surface area contributed by atoms with E-state index in [1.807, 2.05) is 0 Å². The van der Waals surface area contributed by atoms with Crippen LogP contribution in [0, 0.1) is 5.82 Å². The standard InChI is InChI=1S/C29H22ClFN4O3S/c30-21-10-15-26(32-17-21)35-27(36)18-39-23-13-11-22(12-14-23)33-29(38)25(16-20-8-4-5-9-24(20)31)34-28(37)19-6-2-1-3-7-19/h1-17H,18H2,(H,33,38)(H,34,37)(H,32,35,36)/b25-16-. The number of pyridine rings is 1. The van der Waals surface area contributed by atoms with Crippen molar-refractivity contribution < 1.29 is 18.8 Å². The molecule has 0 atom stereocenters. The summed E-state index contributed by atoms with van der Waals surface area (Å²) in [5.41, 5.74) is 0.823. The Labute approximate surface area is 233 Å². The topological polar surface area (TPSA) is 100 Å². The molecule has 0 saturated carbocycles. The highest BCUT2D eigenvalue weighted by molar-refractivity contribution is 8.00. The van der Waals surface area contributed by atoms with Gasteiger partial charge in [-0.1, -0.05) is 48.0 Å². The fraction of sp³-hybridized carbons (Fsp3) is 0.0345. The first-order valence-electron chi connectivity index (χ1n) is 11.7. The second-order valence-electron chi connectivity index (χ2n) is 8.08. The normalized spacial score (nSPS) is 11.0. The molecule has 3 N–H and O–H groups in total. The number of halogens is 2. The van der Waals surface area contributed by atoms with Gasteiger partial charge >= 0.3 is 0 Å². The van der Waals surface area contributed by atoms with Gasteiger partial charge in [0, 0.05) is 27.9 Å². The lowest BCUT2D eigenvalue weighted by molar-refractivity contribution is -0.114. The zero-order valence-electron chi connectivity index (χ0n) is 20.4. The van der Waals surface area contributed by atoms with Crippen LogP contribution in [0.1, 0.15) is 15.9 Å². The molecule has 4 aromatic rings. The average Bonchev–Trinajstić information content (AvgIpc) is 2.95. The summed E-state index contributed by atoms with van der Waals surface area (Å²) < 4.78 is 14.3. The number of benzene rings is 3. The van der Waals surface area contributed by atoms with Gasteiger partial charge in [0.25, 0.3) is 11.8 Å². The van der Waals surface area contributed by atoms with Crippen molar-refractivity contribution >= 4 is 58.7 Å². The molecule has 1 heterocycles. The summed E-state index contributed by atoms with van der Waals surface area (Å²) in [6, 6.07) is 24.4. The highest BCUT2D eigenvalue weighted by Crippen LogP contribution is 2.21. The number of amides is 3. The zero-order valence-corrected chi connectivity index (χ0v) is 21.9. The number of carbonyl (C=O) groups is 3. The van der Waals surface area contributed by atoms with Crippen LogP contribution in [0.25, 0.3) is 6.08 Å². The van der Waals surface area contributed by atoms with Crippen LogP contribution >= 0.6 is 23.4 Å². The highest BCUT2D eigenvalue weighted by atomic mass is 35.5. The number of anilines is 2. The van der Waals surface area contributed by atoms with E-state index < -0.39 is 17.6 Å². The summed E-state index contributed by atoms with van der Waals surface area (Å²) in [5, 5.41) is 8.46. The second-order valence-corrected chi connectivity index (χ2v) is 9.56. The van der Waals surface area contributed by atoms with Gasteiger partial charge in [0.05, 0.1) is 10.8 Å². The number of hydrogen-bond acceptors (Lipinski definition) is 5. The molecule has 3 aromatic carbocycles. The van der Waals surface area contributed by atoms with Gasteiger partial charge in [0.2, 0.25) is 5.91 Å². The Balaban J connectivity index is 1.40. The van der Waals surface area contributed by atoms with Crippen LogP contribution in [-0.2, 0) is 9.59 Å². The summed E-state index contributed by atoms with van der Waals surface area (Å²) in [6.45, 7) is 0. The van der Waals surface area contributed by atoms with Crippen LogP contribution in [-0.4, -0.2) is 28.5 Å². The monoisotopic (exact) mass is 560 g/mol. The lowest BCUT2D eigenvalue weighted by Gasteiger charge is -2.12. The highest BCUT2D eigenvalue weighted by Gasteiger charge is 2.16. The fourth-order valence-corrected chi connectivity index (χ4v) is 4.11. The third kappa shape index (κ3) is 8.26. The minimum Gasteiger partial charge on any atom is -0.321 e. The van der Waals surface area contributed by atoms with Gasteiger partial charge in [-0.2, -0.15) is 0 Å². The molecule has 0 bridgehead atoms. The van der Waals surface area contributed by atoms with Crippen LogP contribution in [0.4, 0.5) is 15.9 Å². The minimum absolute atomic E-state index is 0.125. The Hall–Kier alpha value is -4.47. The molecule has 10 heteroatoms. The zero-order chi connectivity index (χ0) is 27.6. The lowest BCUT2D eigenvalue weighted by Crippen LogP contribution is -2.30. The van der Waals surface area contributed by atoms with E-state index in [-0.39, 0.29) is 22.9 Å². The maximum atomic E-state index is 14.3. The lowest BCUT2D eigenvalue weighted by atomic mass is 10.1. The Bertz CT molecular complexity index is 1500. The molecular weight excluding hydrogens is 539 g/mol. The second kappa shape index (κ2) is 13.4. The molecule has 0 saturated heterocycles. The quantitative estimate of drug-likeness (QED) is 0.172. The van der Waals surface area contributed by atoms with Crippen molar-refractivity contribution in [3.63, 3.8) is 0 Å². The van der Waals surface area contributed by atoms with Gasteiger partial charge < -0.3 is 16.0 Å². The molecule has 0 unspecified atom stereocenters. The SMILES string of the molecule is O=C(CSc1ccc(NC(=O)/C(=C/c2ccccc2F)NC(=O)c2ccccc2)cc1)Nc1ccc(Cl)cn1. The number of rotatable bonds is 9. The summed E-state index contributed by atoms with van der Waals surface area (Å²) >= 11 is 7.10. The van der Waals surface area contributed by atoms with Crippen molar-refractivity contribution in [2.75, 3.05) is 16.4 Å². The van der Waals surface area contributed by atoms with E-state index in [9.17, 15) is 18.8 Å². The number of hydrogen-bond donors (Lipinski definition) is 3. The molecule has 3 amide bonds. The van der Waals surface area contributed by atoms with Gasteiger partial charge in [-0.3, -0.25) is 14.4 Å². The van der Waals surface area contributed by atoms with Crippen molar-refractivity contribution in [1.29, 1.82) is 0 Å². The van der Waals surface area contributed by atoms with E-state index in [1.165, 1.54) is 42.2 Å². The van der Waals surface area contributed by atoms with Gasteiger partial charge in [-0.15, -0.1) is 11.8 Å². The molecule has 0 spiro atoms. The van der Waals surface area contributed by atoms with E-state index in [0.717, 1.165) is 4.90 Å². The molecule has 0 aliphatic rings. The Morgan fingerprint density at radius 3 is 2.28 bits per heavy atom. The molecule has 196 valence electrons. The molecule has 4 rings (SSSR count). The Kier molecular flexibility index (Phi) is 9.44. The predicted molar refractivity (Wildman–Crippen MR) is 152 cm³/mol. The first-order valence-corrected chi connectivity index (χ1v) is 13.0. The minimum atomic E-state index is -0.627. The average molecular weight is 561 g/mol. The molecule has 0 radical (unpaired) electrons. The number of carbonyl (C=O) groups excluding carboxylic acids is 3. The first-order chi connectivity index (χ1) is 18.9. The van der Waals surface area contributed by atoms with Crippen molar-refractivity contribution in [3.05, 3.63) is 125 Å². The van der Waals surface area contributed by atoms with Gasteiger partial charge in [-0.05, 0) is 60.7 Å². The molecule has 1 aromatic heterocycles. The molecule has 7 nitrogen and oxygen atoms in total. The predicted octanol–water partition coefficient (Wildman–Crippen LogP) is 6.01. The van der Waals surface area contributed by atoms with E-state index in [4.69, 9.17) is 11.6 Å². The summed E-state index contributed by atoms with van der Waals surface area (Å²) in [7, 11) is 0. The van der Waals surface area contributed by atoms with E-state index >= 15 is 0 Å². The summed E-state index contributed by atoms with van der Waals surface area (Å²) in [4.78, 5) is 42.8. The summed E-state index contributed by atoms with van der Waals surface area (Å²) in [6.07, 6.45) is 2.73. The smallest absolute Gasteiger partial charge is 0.272 e. The van der Waals surface area contributed by atoms with Crippen molar-refractivity contribution in [1.82, 2.24) is 10.3 Å². The van der Waals surface area contributed by atoms with Crippen LogP contribution in [0.15, 0.2) is 108 Å². The maximum Gasteiger partial charge on any atom is 0.272 e. The van der Waals surface area contributed by atoms with Crippen molar-refractivity contribution in [2.45, 2.75) is 4.90 Å². The largest absolute Gasteiger partial charge is 0.321 e. The molecule has 0 fully saturated rings. The number of thioether (sulfide) groups is 1. The molecule has 0 aliphatic heterocycles. The van der Waals surface area contributed by atoms with E-state index in [0.29, 0.717) is 22.1 Å². The summed E-state index contributed by atoms with van der Waals surface area (Å²) in [5.74, 6) is -1.35. The third-order valence-corrected chi connectivity index (χ3v) is 6.45. The fourth-order valence-electron chi connectivity index (χ4n) is 3.30. The van der Waals surface area contributed by atoms with Crippen molar-refractivity contribution in [3.8, 4) is 0 Å². The molecule has 39 heavy (non-hydrogen) atoms. The molecule has 0 aliphatic carbocycles. The van der Waals surface area contributed by atoms with Crippen LogP contribution < -0.4 is 16.0 Å². The van der Waals surface area contributed by atoms with E-state index in [2.05, 4.69) is 20.9 Å². The van der Waals surface area contributed by atoms with Crippen LogP contribution in [0.5, 0.6) is 0 Å². The Morgan fingerprint density at radius 1 is 0.872 bits per heavy atom. The maximum absolute atomic E-state index is 14.3. The van der Waals surface area contributed by atoms with Crippen LogP contribution in [0.3, 0.4) is 0 Å². The first kappa shape index (κ1) is 27.6. The van der Waals surface area contributed by atoms with Crippen LogP contribution in [0.2, 0.25) is 5.02 Å². The van der Waals surface area contributed by atoms with Gasteiger partial charge in [0.1, 0.15) is 17.3 Å². The van der Waals surface area contributed by atoms with Gasteiger partial charge in [0.15, 0.2) is 0 Å². The Morgan fingerprint density at radius 2 is 1.59 bits per heavy atom. The van der Waals surface area contributed by atoms with E-state index in [1.54, 1.807) is 72.8 Å². The molecular formula is C29H22ClFN4O3S. The number of aromatic nitrogens is 1.